The molecule has 4 nitrogen and oxygen atoms in total. The molecule has 1 aromatic rings. The molecule has 1 aromatic carbocycles. The Labute approximate surface area is 88.3 Å². The average Bonchev–Trinajstić information content (AvgIpc) is 2.25. The second-order valence-corrected chi connectivity index (χ2v) is 2.88. The van der Waals surface area contributed by atoms with Gasteiger partial charge in [-0.1, -0.05) is 0 Å². The standard InChI is InChI=1S/C11H13NO3/c1-14-9-5-8(3-4-11(12)13)6-10(7-9)15-2/h3-7H,1-2H3,(H2,12,13)/b4-3+. The van der Waals surface area contributed by atoms with Crippen molar-refractivity contribution in [2.75, 3.05) is 14.2 Å². The van der Waals surface area contributed by atoms with Gasteiger partial charge in [-0.2, -0.15) is 0 Å². The normalized spacial score (nSPS) is 10.3. The second kappa shape index (κ2) is 5.05. The molecule has 4 heteroatoms. The van der Waals surface area contributed by atoms with Crippen LogP contribution in [0.3, 0.4) is 0 Å². The number of benzene rings is 1. The number of primary amides is 1. The zero-order valence-electron chi connectivity index (χ0n) is 8.69. The number of rotatable bonds is 4. The molecule has 15 heavy (non-hydrogen) atoms. The summed E-state index contributed by atoms with van der Waals surface area (Å²) in [7, 11) is 3.13. The highest BCUT2D eigenvalue weighted by molar-refractivity contribution is 5.90. The lowest BCUT2D eigenvalue weighted by molar-refractivity contribution is -0.113. The van der Waals surface area contributed by atoms with Crippen molar-refractivity contribution < 1.29 is 14.3 Å². The van der Waals surface area contributed by atoms with Crippen LogP contribution >= 0.6 is 0 Å². The predicted molar refractivity (Wildman–Crippen MR) is 57.8 cm³/mol. The monoisotopic (exact) mass is 207 g/mol. The van der Waals surface area contributed by atoms with Crippen molar-refractivity contribution in [1.29, 1.82) is 0 Å². The van der Waals surface area contributed by atoms with Gasteiger partial charge in [-0.15, -0.1) is 0 Å². The summed E-state index contributed by atoms with van der Waals surface area (Å²) in [6, 6.07) is 5.31. The molecule has 0 heterocycles. The van der Waals surface area contributed by atoms with E-state index >= 15 is 0 Å². The Bertz CT molecular complexity index is 363. The first-order valence-electron chi connectivity index (χ1n) is 4.36. The van der Waals surface area contributed by atoms with Crippen LogP contribution in [0, 0.1) is 0 Å². The minimum Gasteiger partial charge on any atom is -0.497 e. The van der Waals surface area contributed by atoms with Gasteiger partial charge in [0, 0.05) is 12.1 Å². The fourth-order valence-corrected chi connectivity index (χ4v) is 1.10. The topological polar surface area (TPSA) is 61.5 Å². The van der Waals surface area contributed by atoms with Gasteiger partial charge in [0.2, 0.25) is 5.91 Å². The van der Waals surface area contributed by atoms with Gasteiger partial charge < -0.3 is 15.2 Å². The van der Waals surface area contributed by atoms with Gasteiger partial charge in [0.25, 0.3) is 0 Å². The van der Waals surface area contributed by atoms with Crippen molar-refractivity contribution in [1.82, 2.24) is 0 Å². The Hall–Kier alpha value is -1.97. The third kappa shape index (κ3) is 3.34. The molecule has 0 saturated carbocycles. The number of ether oxygens (including phenoxy) is 2. The van der Waals surface area contributed by atoms with Crippen molar-refractivity contribution in [2.24, 2.45) is 5.73 Å². The molecule has 0 aliphatic rings. The van der Waals surface area contributed by atoms with E-state index in [-0.39, 0.29) is 0 Å². The molecule has 0 spiro atoms. The van der Waals surface area contributed by atoms with Crippen molar-refractivity contribution in [2.45, 2.75) is 0 Å². The zero-order valence-corrected chi connectivity index (χ0v) is 8.69. The number of carbonyl (C=O) groups is 1. The van der Waals surface area contributed by atoms with Crippen molar-refractivity contribution in [3.63, 3.8) is 0 Å². The Morgan fingerprint density at radius 3 is 2.13 bits per heavy atom. The third-order valence-electron chi connectivity index (χ3n) is 1.81. The summed E-state index contributed by atoms with van der Waals surface area (Å²) in [4.78, 5) is 10.6. The lowest BCUT2D eigenvalue weighted by Gasteiger charge is -2.05. The molecule has 80 valence electrons. The van der Waals surface area contributed by atoms with Crippen LogP contribution in [0.2, 0.25) is 0 Å². The molecule has 0 aliphatic carbocycles. The van der Waals surface area contributed by atoms with Gasteiger partial charge in [-0.05, 0) is 23.8 Å². The van der Waals surface area contributed by atoms with Crippen molar-refractivity contribution >= 4 is 12.0 Å². The number of hydrogen-bond donors (Lipinski definition) is 1. The summed E-state index contributed by atoms with van der Waals surface area (Å²) in [5.74, 6) is 0.841. The Morgan fingerprint density at radius 2 is 1.73 bits per heavy atom. The first-order valence-corrected chi connectivity index (χ1v) is 4.36. The Kier molecular flexibility index (Phi) is 3.74. The van der Waals surface area contributed by atoms with Crippen molar-refractivity contribution in [3.05, 3.63) is 29.8 Å². The highest BCUT2D eigenvalue weighted by atomic mass is 16.5. The minimum absolute atomic E-state index is 0.489. The van der Waals surface area contributed by atoms with Crippen molar-refractivity contribution in [3.8, 4) is 11.5 Å². The summed E-state index contributed by atoms with van der Waals surface area (Å²) in [6.07, 6.45) is 2.89. The lowest BCUT2D eigenvalue weighted by Crippen LogP contribution is -2.05. The zero-order chi connectivity index (χ0) is 11.3. The molecule has 0 radical (unpaired) electrons. The molecule has 0 fully saturated rings. The van der Waals surface area contributed by atoms with E-state index in [2.05, 4.69) is 0 Å². The van der Waals surface area contributed by atoms with Gasteiger partial charge in [0.15, 0.2) is 0 Å². The van der Waals surface area contributed by atoms with Crippen LogP contribution in [0.4, 0.5) is 0 Å². The highest BCUT2D eigenvalue weighted by Gasteiger charge is 1.99. The van der Waals surface area contributed by atoms with Crippen LogP contribution in [0.15, 0.2) is 24.3 Å². The molecular formula is C11H13NO3. The van der Waals surface area contributed by atoms with Gasteiger partial charge in [-0.3, -0.25) is 4.79 Å². The molecule has 2 N–H and O–H groups in total. The third-order valence-corrected chi connectivity index (χ3v) is 1.81. The van der Waals surface area contributed by atoms with E-state index in [0.29, 0.717) is 11.5 Å². The van der Waals surface area contributed by atoms with Gasteiger partial charge in [-0.25, -0.2) is 0 Å². The molecule has 0 bridgehead atoms. The van der Waals surface area contributed by atoms with Crippen LogP contribution in [-0.4, -0.2) is 20.1 Å². The van der Waals surface area contributed by atoms with Gasteiger partial charge >= 0.3 is 0 Å². The lowest BCUT2D eigenvalue weighted by atomic mass is 10.2. The fourth-order valence-electron chi connectivity index (χ4n) is 1.10. The van der Waals surface area contributed by atoms with E-state index in [1.54, 1.807) is 38.5 Å². The number of carbonyl (C=O) groups excluding carboxylic acids is 1. The number of hydrogen-bond acceptors (Lipinski definition) is 3. The Morgan fingerprint density at radius 1 is 1.20 bits per heavy atom. The maximum Gasteiger partial charge on any atom is 0.241 e. The molecule has 0 unspecified atom stereocenters. The molecule has 1 amide bonds. The summed E-state index contributed by atoms with van der Waals surface area (Å²) in [5.41, 5.74) is 5.79. The minimum atomic E-state index is -0.489. The molecule has 1 rings (SSSR count). The fraction of sp³-hybridized carbons (Fsp3) is 0.182. The maximum atomic E-state index is 10.6. The van der Waals surface area contributed by atoms with Gasteiger partial charge in [0.05, 0.1) is 14.2 Å². The predicted octanol–water partition coefficient (Wildman–Crippen LogP) is 1.20. The molecule has 0 aliphatic heterocycles. The van der Waals surface area contributed by atoms with E-state index in [1.807, 2.05) is 0 Å². The smallest absolute Gasteiger partial charge is 0.241 e. The summed E-state index contributed by atoms with van der Waals surface area (Å²) in [5, 5.41) is 0. The highest BCUT2D eigenvalue weighted by Crippen LogP contribution is 2.23. The molecule has 0 atom stereocenters. The average molecular weight is 207 g/mol. The van der Waals surface area contributed by atoms with Gasteiger partial charge in [0.1, 0.15) is 11.5 Å². The van der Waals surface area contributed by atoms with E-state index in [1.165, 1.54) is 6.08 Å². The quantitative estimate of drug-likeness (QED) is 0.754. The number of methoxy groups -OCH3 is 2. The number of nitrogens with two attached hydrogens (primary N) is 1. The second-order valence-electron chi connectivity index (χ2n) is 2.88. The van der Waals surface area contributed by atoms with Crippen LogP contribution in [0.25, 0.3) is 6.08 Å². The van der Waals surface area contributed by atoms with Crippen LogP contribution in [0.5, 0.6) is 11.5 Å². The summed E-state index contributed by atoms with van der Waals surface area (Å²) < 4.78 is 10.1. The maximum absolute atomic E-state index is 10.6. The summed E-state index contributed by atoms with van der Waals surface area (Å²) >= 11 is 0. The largest absolute Gasteiger partial charge is 0.497 e. The summed E-state index contributed by atoms with van der Waals surface area (Å²) in [6.45, 7) is 0. The molecule has 0 saturated heterocycles. The number of amides is 1. The van der Waals surface area contributed by atoms with Crippen LogP contribution in [0.1, 0.15) is 5.56 Å². The molecule has 0 aromatic heterocycles. The van der Waals surface area contributed by atoms with Crippen LogP contribution < -0.4 is 15.2 Å². The van der Waals surface area contributed by atoms with E-state index in [4.69, 9.17) is 15.2 Å². The van der Waals surface area contributed by atoms with E-state index < -0.39 is 5.91 Å². The van der Waals surface area contributed by atoms with E-state index in [9.17, 15) is 4.79 Å². The van der Waals surface area contributed by atoms with Crippen LogP contribution in [-0.2, 0) is 4.79 Å². The SMILES string of the molecule is COc1cc(/C=C/C(N)=O)cc(OC)c1. The van der Waals surface area contributed by atoms with E-state index in [0.717, 1.165) is 5.56 Å². The Balaban J connectivity index is 3.01. The first-order chi connectivity index (χ1) is 7.15. The molecular weight excluding hydrogens is 194 g/mol. The first kappa shape index (κ1) is 11.1.